The molecule has 0 spiro atoms. The fourth-order valence-electron chi connectivity index (χ4n) is 4.39. The largest absolute Gasteiger partial charge is 0.317 e. The van der Waals surface area contributed by atoms with E-state index >= 15 is 4.39 Å². The highest BCUT2D eigenvalue weighted by atomic mass is 19.1. The van der Waals surface area contributed by atoms with E-state index in [4.69, 9.17) is 0 Å². The fraction of sp³-hybridized carbons (Fsp3) is 0.261. The van der Waals surface area contributed by atoms with Crippen LogP contribution >= 0.6 is 0 Å². The van der Waals surface area contributed by atoms with Crippen molar-refractivity contribution in [3.8, 4) is 16.9 Å². The first-order chi connectivity index (χ1) is 15.7. The molecule has 1 fully saturated rings. The van der Waals surface area contributed by atoms with Crippen molar-refractivity contribution in [2.45, 2.75) is 25.7 Å². The average Bonchev–Trinajstić information content (AvgIpc) is 3.48. The maximum absolute atomic E-state index is 15.2. The lowest BCUT2D eigenvalue weighted by atomic mass is 9.93. The molecule has 1 saturated heterocycles. The number of imidazole rings is 2. The van der Waals surface area contributed by atoms with E-state index in [1.807, 2.05) is 42.1 Å². The first-order valence-electron chi connectivity index (χ1n) is 10.7. The number of hydrogen-bond donors (Lipinski definition) is 1. The van der Waals surface area contributed by atoms with Crippen molar-refractivity contribution in [2.75, 3.05) is 13.1 Å². The van der Waals surface area contributed by atoms with E-state index < -0.39 is 0 Å². The van der Waals surface area contributed by atoms with Crippen molar-refractivity contribution in [3.05, 3.63) is 66.4 Å². The van der Waals surface area contributed by atoms with Crippen LogP contribution in [0.2, 0.25) is 0 Å². The standard InChI is InChI=1S/C23H21FN8/c1-14-12-32-23(27-14)22(31-7-6-26-13-31)11-20(30-32)16-8-18(24)17-10-19(28-29-21(17)9-16)15-2-4-25-5-3-15/h6-13,15,25H,2-5H2,1H3. The van der Waals surface area contributed by atoms with Gasteiger partial charge in [-0.1, -0.05) is 0 Å². The summed E-state index contributed by atoms with van der Waals surface area (Å²) in [4.78, 5) is 8.72. The minimum absolute atomic E-state index is 0.318. The van der Waals surface area contributed by atoms with E-state index in [0.29, 0.717) is 33.7 Å². The van der Waals surface area contributed by atoms with Crippen LogP contribution in [0.1, 0.15) is 30.1 Å². The second-order valence-corrected chi connectivity index (χ2v) is 8.22. The zero-order chi connectivity index (χ0) is 21.7. The highest BCUT2D eigenvalue weighted by Gasteiger charge is 2.19. The van der Waals surface area contributed by atoms with Crippen molar-refractivity contribution in [1.82, 2.24) is 39.7 Å². The van der Waals surface area contributed by atoms with E-state index in [9.17, 15) is 0 Å². The van der Waals surface area contributed by atoms with Crippen LogP contribution in [0.15, 0.2) is 49.2 Å². The Morgan fingerprint density at radius 2 is 1.97 bits per heavy atom. The second-order valence-electron chi connectivity index (χ2n) is 8.22. The maximum Gasteiger partial charge on any atom is 0.178 e. The lowest BCUT2D eigenvalue weighted by Gasteiger charge is -2.21. The van der Waals surface area contributed by atoms with Gasteiger partial charge in [0.25, 0.3) is 0 Å². The van der Waals surface area contributed by atoms with Crippen LogP contribution in [-0.2, 0) is 0 Å². The van der Waals surface area contributed by atoms with Gasteiger partial charge in [-0.3, -0.25) is 0 Å². The van der Waals surface area contributed by atoms with Gasteiger partial charge in [-0.05, 0) is 57.1 Å². The Hall–Kier alpha value is -3.72. The summed E-state index contributed by atoms with van der Waals surface area (Å²) in [5, 5.41) is 17.3. The smallest absolute Gasteiger partial charge is 0.178 e. The number of benzene rings is 1. The molecule has 32 heavy (non-hydrogen) atoms. The number of halogens is 1. The van der Waals surface area contributed by atoms with Crippen molar-refractivity contribution in [2.24, 2.45) is 0 Å². The molecule has 1 aliphatic heterocycles. The summed E-state index contributed by atoms with van der Waals surface area (Å²) >= 11 is 0. The molecular weight excluding hydrogens is 407 g/mol. The van der Waals surface area contributed by atoms with Gasteiger partial charge < -0.3 is 9.88 Å². The second kappa shape index (κ2) is 7.45. The molecule has 0 unspecified atom stereocenters. The number of fused-ring (bicyclic) bond motifs is 2. The van der Waals surface area contributed by atoms with Gasteiger partial charge in [-0.15, -0.1) is 0 Å². The molecule has 0 aliphatic carbocycles. The fourth-order valence-corrected chi connectivity index (χ4v) is 4.39. The molecule has 9 heteroatoms. The van der Waals surface area contributed by atoms with Crippen LogP contribution in [0.5, 0.6) is 0 Å². The molecule has 6 rings (SSSR count). The summed E-state index contributed by atoms with van der Waals surface area (Å²) < 4.78 is 18.8. The Balaban J connectivity index is 1.48. The summed E-state index contributed by atoms with van der Waals surface area (Å²) in [6.07, 6.45) is 9.09. The molecule has 8 nitrogen and oxygen atoms in total. The number of nitrogens with zero attached hydrogens (tertiary/aromatic N) is 7. The zero-order valence-electron chi connectivity index (χ0n) is 17.5. The van der Waals surface area contributed by atoms with Gasteiger partial charge >= 0.3 is 0 Å². The number of nitrogens with one attached hydrogen (secondary N) is 1. The van der Waals surface area contributed by atoms with Gasteiger partial charge in [-0.25, -0.2) is 18.9 Å². The normalized spacial score (nSPS) is 15.1. The topological polar surface area (TPSA) is 85.8 Å². The predicted octanol–water partition coefficient (Wildman–Crippen LogP) is 3.44. The van der Waals surface area contributed by atoms with Gasteiger partial charge in [0, 0.05) is 29.3 Å². The minimum Gasteiger partial charge on any atom is -0.317 e. The van der Waals surface area contributed by atoms with E-state index in [1.54, 1.807) is 17.0 Å². The van der Waals surface area contributed by atoms with Crippen LogP contribution < -0.4 is 5.32 Å². The number of rotatable bonds is 3. The summed E-state index contributed by atoms with van der Waals surface area (Å²) in [6.45, 7) is 3.82. The van der Waals surface area contributed by atoms with E-state index in [0.717, 1.165) is 43.0 Å². The Bertz CT molecular complexity index is 1430. The molecule has 4 aromatic heterocycles. The van der Waals surface area contributed by atoms with Gasteiger partial charge in [0.15, 0.2) is 5.65 Å². The molecule has 5 aromatic rings. The molecule has 160 valence electrons. The SMILES string of the molecule is Cc1cn2nc(-c3cc(F)c4cc(C5CCNCC5)nnc4c3)cc(-n3ccnc3)c2n1. The molecule has 0 atom stereocenters. The van der Waals surface area contributed by atoms with Crippen molar-refractivity contribution < 1.29 is 4.39 Å². The molecule has 0 bridgehead atoms. The molecule has 0 radical (unpaired) electrons. The van der Waals surface area contributed by atoms with E-state index in [1.165, 1.54) is 6.07 Å². The summed E-state index contributed by atoms with van der Waals surface area (Å²) in [7, 11) is 0. The van der Waals surface area contributed by atoms with Crippen LogP contribution in [0, 0.1) is 12.7 Å². The van der Waals surface area contributed by atoms with E-state index in [2.05, 4.69) is 30.6 Å². The number of hydrogen-bond acceptors (Lipinski definition) is 6. The van der Waals surface area contributed by atoms with Crippen molar-refractivity contribution in [1.29, 1.82) is 0 Å². The predicted molar refractivity (Wildman–Crippen MR) is 118 cm³/mol. The third kappa shape index (κ3) is 3.21. The highest BCUT2D eigenvalue weighted by molar-refractivity contribution is 5.84. The quantitative estimate of drug-likeness (QED) is 0.474. The maximum atomic E-state index is 15.2. The molecule has 1 aromatic carbocycles. The summed E-state index contributed by atoms with van der Waals surface area (Å²) in [5.74, 6) is -0.00556. The molecular formula is C23H21FN8. The van der Waals surface area contributed by atoms with Crippen LogP contribution in [0.4, 0.5) is 4.39 Å². The molecule has 0 amide bonds. The first-order valence-corrected chi connectivity index (χ1v) is 10.7. The molecule has 1 N–H and O–H groups in total. The van der Waals surface area contributed by atoms with Crippen LogP contribution in [0.3, 0.4) is 0 Å². The minimum atomic E-state index is -0.324. The molecule has 1 aliphatic rings. The molecule has 5 heterocycles. The number of aryl methyl sites for hydroxylation is 1. The zero-order valence-corrected chi connectivity index (χ0v) is 17.5. The first kappa shape index (κ1) is 19.0. The Kier molecular flexibility index (Phi) is 4.43. The Labute approximate surface area is 183 Å². The third-order valence-electron chi connectivity index (χ3n) is 6.04. The van der Waals surface area contributed by atoms with Gasteiger partial charge in [-0.2, -0.15) is 15.3 Å². The number of aromatic nitrogens is 7. The Morgan fingerprint density at radius 3 is 2.78 bits per heavy atom. The van der Waals surface area contributed by atoms with E-state index in [-0.39, 0.29) is 5.82 Å². The lowest BCUT2D eigenvalue weighted by Crippen LogP contribution is -2.27. The van der Waals surface area contributed by atoms with Crippen molar-refractivity contribution >= 4 is 16.6 Å². The average molecular weight is 428 g/mol. The summed E-state index contributed by atoms with van der Waals surface area (Å²) in [6, 6.07) is 7.10. The van der Waals surface area contributed by atoms with Gasteiger partial charge in [0.1, 0.15) is 5.82 Å². The van der Waals surface area contributed by atoms with Crippen molar-refractivity contribution in [3.63, 3.8) is 0 Å². The van der Waals surface area contributed by atoms with Crippen LogP contribution in [0.25, 0.3) is 33.5 Å². The van der Waals surface area contributed by atoms with Gasteiger partial charge in [0.2, 0.25) is 0 Å². The van der Waals surface area contributed by atoms with Gasteiger partial charge in [0.05, 0.1) is 40.8 Å². The van der Waals surface area contributed by atoms with Crippen LogP contribution in [-0.4, -0.2) is 47.4 Å². The summed E-state index contributed by atoms with van der Waals surface area (Å²) in [5.41, 5.74) is 4.99. The lowest BCUT2D eigenvalue weighted by molar-refractivity contribution is 0.451. The molecule has 0 saturated carbocycles. The number of piperidine rings is 1. The highest BCUT2D eigenvalue weighted by Crippen LogP contribution is 2.30. The Morgan fingerprint density at radius 1 is 1.09 bits per heavy atom. The third-order valence-corrected chi connectivity index (χ3v) is 6.04. The monoisotopic (exact) mass is 428 g/mol.